The number of nitrogens with zero attached hydrogens (tertiary/aromatic N) is 1. The zero-order valence-electron chi connectivity index (χ0n) is 11.2. The predicted octanol–water partition coefficient (Wildman–Crippen LogP) is -1.02. The molecule has 0 aliphatic heterocycles. The number of H-pyrrole nitrogens is 1. The standard InChI is InChI=1S/C12H21N5O3/c13-4-2-1-3-9(14)11(18)17-10(12(19)20)5-8-6-15-7-16-8/h6-7,9-10H,1-5,13-14H2,(H,15,16)(H,17,18)(H,19,20)/t9-,10-/m1/s1. The van der Waals surface area contributed by atoms with E-state index in [1.165, 1.54) is 6.33 Å². The third-order valence-corrected chi connectivity index (χ3v) is 2.89. The average Bonchev–Trinajstić information content (AvgIpc) is 2.90. The summed E-state index contributed by atoms with van der Waals surface area (Å²) in [4.78, 5) is 29.6. The fourth-order valence-electron chi connectivity index (χ4n) is 1.73. The second kappa shape index (κ2) is 8.28. The normalized spacial score (nSPS) is 13.7. The van der Waals surface area contributed by atoms with E-state index in [-0.39, 0.29) is 6.42 Å². The Morgan fingerprint density at radius 1 is 1.45 bits per heavy atom. The molecule has 0 saturated heterocycles. The van der Waals surface area contributed by atoms with Crippen molar-refractivity contribution in [1.29, 1.82) is 0 Å². The number of nitrogens with one attached hydrogen (secondary N) is 2. The zero-order valence-corrected chi connectivity index (χ0v) is 11.2. The van der Waals surface area contributed by atoms with Crippen LogP contribution in [0.3, 0.4) is 0 Å². The summed E-state index contributed by atoms with van der Waals surface area (Å²) in [5, 5.41) is 11.5. The van der Waals surface area contributed by atoms with Gasteiger partial charge in [-0.15, -0.1) is 0 Å². The lowest BCUT2D eigenvalue weighted by molar-refractivity contribution is -0.142. The lowest BCUT2D eigenvalue weighted by atomic mass is 10.1. The van der Waals surface area contributed by atoms with Gasteiger partial charge in [0.1, 0.15) is 6.04 Å². The van der Waals surface area contributed by atoms with Crippen molar-refractivity contribution < 1.29 is 14.7 Å². The Morgan fingerprint density at radius 2 is 2.20 bits per heavy atom. The second-order valence-corrected chi connectivity index (χ2v) is 4.56. The molecule has 1 rings (SSSR count). The summed E-state index contributed by atoms with van der Waals surface area (Å²) in [6, 6.07) is -1.76. The number of nitrogens with two attached hydrogens (primary N) is 2. The van der Waals surface area contributed by atoms with E-state index in [0.29, 0.717) is 18.7 Å². The third-order valence-electron chi connectivity index (χ3n) is 2.89. The van der Waals surface area contributed by atoms with Crippen LogP contribution in [0.1, 0.15) is 25.0 Å². The predicted molar refractivity (Wildman–Crippen MR) is 72.7 cm³/mol. The van der Waals surface area contributed by atoms with Gasteiger partial charge >= 0.3 is 5.97 Å². The average molecular weight is 283 g/mol. The quantitative estimate of drug-likeness (QED) is 0.366. The Hall–Kier alpha value is -1.93. The van der Waals surface area contributed by atoms with Crippen molar-refractivity contribution in [3.05, 3.63) is 18.2 Å². The molecular weight excluding hydrogens is 262 g/mol. The van der Waals surface area contributed by atoms with E-state index in [2.05, 4.69) is 15.3 Å². The van der Waals surface area contributed by atoms with Gasteiger partial charge in [0, 0.05) is 12.6 Å². The molecular formula is C12H21N5O3. The largest absolute Gasteiger partial charge is 0.480 e. The molecule has 8 nitrogen and oxygen atoms in total. The Bertz CT molecular complexity index is 421. The first-order chi connectivity index (χ1) is 9.54. The number of carboxylic acids is 1. The maximum atomic E-state index is 11.8. The highest BCUT2D eigenvalue weighted by Crippen LogP contribution is 2.02. The van der Waals surface area contributed by atoms with E-state index in [9.17, 15) is 9.59 Å². The van der Waals surface area contributed by atoms with E-state index >= 15 is 0 Å². The molecule has 20 heavy (non-hydrogen) atoms. The number of carbonyl (C=O) groups excluding carboxylic acids is 1. The molecule has 0 aromatic carbocycles. The Labute approximate surface area is 116 Å². The lowest BCUT2D eigenvalue weighted by Gasteiger charge is -2.17. The van der Waals surface area contributed by atoms with Crippen LogP contribution in [0.25, 0.3) is 0 Å². The first-order valence-corrected chi connectivity index (χ1v) is 6.51. The number of imidazole rings is 1. The highest BCUT2D eigenvalue weighted by Gasteiger charge is 2.23. The number of aromatic amines is 1. The van der Waals surface area contributed by atoms with E-state index in [4.69, 9.17) is 16.6 Å². The maximum Gasteiger partial charge on any atom is 0.326 e. The van der Waals surface area contributed by atoms with Crippen LogP contribution in [-0.2, 0) is 16.0 Å². The number of carbonyl (C=O) groups is 2. The van der Waals surface area contributed by atoms with Gasteiger partial charge in [-0.3, -0.25) is 4.79 Å². The molecule has 1 aromatic heterocycles. The summed E-state index contributed by atoms with van der Waals surface area (Å²) >= 11 is 0. The molecule has 1 heterocycles. The Morgan fingerprint density at radius 3 is 2.75 bits per heavy atom. The van der Waals surface area contributed by atoms with Crippen LogP contribution in [0, 0.1) is 0 Å². The second-order valence-electron chi connectivity index (χ2n) is 4.56. The van der Waals surface area contributed by atoms with Crippen LogP contribution in [-0.4, -0.2) is 45.6 Å². The van der Waals surface area contributed by atoms with Crippen LogP contribution < -0.4 is 16.8 Å². The summed E-state index contributed by atoms with van der Waals surface area (Å²) in [7, 11) is 0. The van der Waals surface area contributed by atoms with Crippen LogP contribution in [0.15, 0.2) is 12.5 Å². The van der Waals surface area contributed by atoms with E-state index in [0.717, 1.165) is 12.8 Å². The number of unbranched alkanes of at least 4 members (excludes halogenated alkanes) is 1. The minimum Gasteiger partial charge on any atom is -0.480 e. The maximum absolute atomic E-state index is 11.8. The van der Waals surface area contributed by atoms with Gasteiger partial charge in [0.25, 0.3) is 0 Å². The van der Waals surface area contributed by atoms with E-state index in [1.807, 2.05) is 0 Å². The monoisotopic (exact) mass is 283 g/mol. The van der Waals surface area contributed by atoms with Crippen molar-refractivity contribution in [2.75, 3.05) is 6.54 Å². The van der Waals surface area contributed by atoms with Crippen LogP contribution >= 0.6 is 0 Å². The van der Waals surface area contributed by atoms with Crippen molar-refractivity contribution in [3.8, 4) is 0 Å². The molecule has 1 aromatic rings. The van der Waals surface area contributed by atoms with Gasteiger partial charge in [0.05, 0.1) is 18.1 Å². The molecule has 1 amide bonds. The van der Waals surface area contributed by atoms with Crippen molar-refractivity contribution >= 4 is 11.9 Å². The van der Waals surface area contributed by atoms with Gasteiger partial charge < -0.3 is 26.9 Å². The van der Waals surface area contributed by atoms with E-state index in [1.54, 1.807) is 6.20 Å². The van der Waals surface area contributed by atoms with Gasteiger partial charge in [-0.1, -0.05) is 6.42 Å². The van der Waals surface area contributed by atoms with Gasteiger partial charge in [-0.05, 0) is 19.4 Å². The summed E-state index contributed by atoms with van der Waals surface area (Å²) in [5.41, 5.74) is 11.6. The van der Waals surface area contributed by atoms with Crippen LogP contribution in [0.2, 0.25) is 0 Å². The molecule has 8 heteroatoms. The molecule has 0 unspecified atom stereocenters. The summed E-state index contributed by atoms with van der Waals surface area (Å²) in [6.45, 7) is 0.547. The topological polar surface area (TPSA) is 147 Å². The number of aromatic nitrogens is 2. The molecule has 0 spiro atoms. The van der Waals surface area contributed by atoms with Gasteiger partial charge in [0.2, 0.25) is 5.91 Å². The van der Waals surface area contributed by atoms with Crippen molar-refractivity contribution in [2.45, 2.75) is 37.8 Å². The number of hydrogen-bond acceptors (Lipinski definition) is 5. The molecule has 112 valence electrons. The zero-order chi connectivity index (χ0) is 15.0. The lowest BCUT2D eigenvalue weighted by Crippen LogP contribution is -2.49. The third kappa shape index (κ3) is 5.37. The number of aliphatic carboxylic acids is 1. The minimum atomic E-state index is -1.12. The SMILES string of the molecule is NCCCC[C@@H](N)C(=O)N[C@H](Cc1c[nH]cn1)C(=O)O. The molecule has 0 radical (unpaired) electrons. The molecule has 0 saturated carbocycles. The molecule has 7 N–H and O–H groups in total. The van der Waals surface area contributed by atoms with E-state index < -0.39 is 24.0 Å². The number of hydrogen-bond donors (Lipinski definition) is 5. The smallest absolute Gasteiger partial charge is 0.326 e. The molecule has 0 aliphatic rings. The van der Waals surface area contributed by atoms with Crippen molar-refractivity contribution in [1.82, 2.24) is 15.3 Å². The summed E-state index contributed by atoms with van der Waals surface area (Å²) < 4.78 is 0. The van der Waals surface area contributed by atoms with Crippen molar-refractivity contribution in [2.24, 2.45) is 11.5 Å². The van der Waals surface area contributed by atoms with Crippen LogP contribution in [0.4, 0.5) is 0 Å². The first-order valence-electron chi connectivity index (χ1n) is 6.51. The van der Waals surface area contributed by atoms with Gasteiger partial charge in [-0.25, -0.2) is 9.78 Å². The highest BCUT2D eigenvalue weighted by molar-refractivity contribution is 5.86. The van der Waals surface area contributed by atoms with Crippen LogP contribution in [0.5, 0.6) is 0 Å². The van der Waals surface area contributed by atoms with Gasteiger partial charge in [0.15, 0.2) is 0 Å². The number of rotatable bonds is 9. The molecule has 0 fully saturated rings. The van der Waals surface area contributed by atoms with Crippen molar-refractivity contribution in [3.63, 3.8) is 0 Å². The Kier molecular flexibility index (Phi) is 6.68. The molecule has 2 atom stereocenters. The highest BCUT2D eigenvalue weighted by atomic mass is 16.4. The van der Waals surface area contributed by atoms with Gasteiger partial charge in [-0.2, -0.15) is 0 Å². The molecule has 0 aliphatic carbocycles. The fraction of sp³-hybridized carbons (Fsp3) is 0.583. The Balaban J connectivity index is 2.48. The summed E-state index contributed by atoms with van der Waals surface area (Å²) in [5.74, 6) is -1.58. The fourth-order valence-corrected chi connectivity index (χ4v) is 1.73. The first kappa shape index (κ1) is 16.1. The number of amides is 1. The number of carboxylic acid groups (broad SMARTS) is 1. The summed E-state index contributed by atoms with van der Waals surface area (Å²) in [6.07, 6.45) is 5.16. The molecule has 0 bridgehead atoms. The minimum absolute atomic E-state index is 0.111.